The summed E-state index contributed by atoms with van der Waals surface area (Å²) in [4.78, 5) is 13.4. The smallest absolute Gasteiger partial charge is 0.220 e. The predicted octanol–water partition coefficient (Wildman–Crippen LogP) is 4.19. The minimum absolute atomic E-state index is 0.0898. The zero-order chi connectivity index (χ0) is 14.4. The fourth-order valence-corrected chi connectivity index (χ4v) is 2.94. The van der Waals surface area contributed by atoms with Crippen LogP contribution in [0.4, 0.5) is 0 Å². The largest absolute Gasteiger partial charge is 0.349 e. The molecule has 0 spiro atoms. The van der Waals surface area contributed by atoms with Crippen molar-refractivity contribution in [2.45, 2.75) is 32.7 Å². The number of nitrogens with one attached hydrogen (secondary N) is 1. The van der Waals surface area contributed by atoms with Crippen LogP contribution in [-0.2, 0) is 11.2 Å². The van der Waals surface area contributed by atoms with Crippen LogP contribution in [-0.4, -0.2) is 5.91 Å². The van der Waals surface area contributed by atoms with Crippen molar-refractivity contribution in [3.05, 3.63) is 58.3 Å². The van der Waals surface area contributed by atoms with Crippen LogP contribution in [0.1, 0.15) is 36.8 Å². The lowest BCUT2D eigenvalue weighted by Crippen LogP contribution is -2.31. The SMILES string of the molecule is CC(C)C(NC(=O)CCc1cccs1)c1ccccc1. The van der Waals surface area contributed by atoms with Gasteiger partial charge in [0.15, 0.2) is 0 Å². The number of hydrogen-bond acceptors (Lipinski definition) is 2. The van der Waals surface area contributed by atoms with Gasteiger partial charge >= 0.3 is 0 Å². The summed E-state index contributed by atoms with van der Waals surface area (Å²) >= 11 is 1.71. The van der Waals surface area contributed by atoms with Crippen LogP contribution in [0.5, 0.6) is 0 Å². The number of carbonyl (C=O) groups excluding carboxylic acids is 1. The van der Waals surface area contributed by atoms with E-state index in [0.717, 1.165) is 6.42 Å². The summed E-state index contributed by atoms with van der Waals surface area (Å²) in [5.41, 5.74) is 1.17. The molecule has 0 aliphatic rings. The molecule has 1 N–H and O–H groups in total. The second kappa shape index (κ2) is 7.25. The molecule has 0 radical (unpaired) electrons. The Morgan fingerprint density at radius 3 is 2.50 bits per heavy atom. The van der Waals surface area contributed by atoms with Crippen LogP contribution in [0.25, 0.3) is 0 Å². The minimum atomic E-state index is 0.0898. The van der Waals surface area contributed by atoms with Crippen molar-refractivity contribution in [2.75, 3.05) is 0 Å². The monoisotopic (exact) mass is 287 g/mol. The molecule has 0 fully saturated rings. The molecule has 0 saturated carbocycles. The first-order valence-electron chi connectivity index (χ1n) is 7.03. The van der Waals surface area contributed by atoms with Gasteiger partial charge in [0.25, 0.3) is 0 Å². The van der Waals surface area contributed by atoms with Crippen LogP contribution in [0.2, 0.25) is 0 Å². The van der Waals surface area contributed by atoms with Crippen molar-refractivity contribution >= 4 is 17.2 Å². The summed E-state index contributed by atoms with van der Waals surface area (Å²) in [6.45, 7) is 4.27. The normalized spacial score (nSPS) is 12.3. The highest BCUT2D eigenvalue weighted by molar-refractivity contribution is 7.09. The van der Waals surface area contributed by atoms with Crippen LogP contribution < -0.4 is 5.32 Å². The lowest BCUT2D eigenvalue weighted by atomic mass is 9.96. The Bertz CT molecular complexity index is 519. The molecule has 1 unspecified atom stereocenters. The van der Waals surface area contributed by atoms with Crippen molar-refractivity contribution < 1.29 is 4.79 Å². The van der Waals surface area contributed by atoms with Crippen LogP contribution in [0, 0.1) is 5.92 Å². The lowest BCUT2D eigenvalue weighted by molar-refractivity contribution is -0.122. The molecule has 0 aliphatic heterocycles. The van der Waals surface area contributed by atoms with Gasteiger partial charge in [0, 0.05) is 11.3 Å². The van der Waals surface area contributed by atoms with E-state index in [1.807, 2.05) is 29.6 Å². The summed E-state index contributed by atoms with van der Waals surface area (Å²) in [5, 5.41) is 5.21. The number of amides is 1. The maximum Gasteiger partial charge on any atom is 0.220 e. The van der Waals surface area contributed by atoms with E-state index in [4.69, 9.17) is 0 Å². The van der Waals surface area contributed by atoms with Crippen LogP contribution in [0.3, 0.4) is 0 Å². The average molecular weight is 287 g/mol. The first-order chi connectivity index (χ1) is 9.66. The topological polar surface area (TPSA) is 29.1 Å². The molecule has 3 heteroatoms. The summed E-state index contributed by atoms with van der Waals surface area (Å²) < 4.78 is 0. The third-order valence-corrected chi connectivity index (χ3v) is 4.26. The van der Waals surface area contributed by atoms with E-state index in [1.165, 1.54) is 10.4 Å². The third-order valence-electron chi connectivity index (χ3n) is 3.32. The Labute approximate surface area is 124 Å². The highest BCUT2D eigenvalue weighted by Gasteiger charge is 2.17. The molecule has 0 bridgehead atoms. The lowest BCUT2D eigenvalue weighted by Gasteiger charge is -2.23. The molecule has 0 saturated heterocycles. The van der Waals surface area contributed by atoms with Crippen LogP contribution in [0.15, 0.2) is 47.8 Å². The van der Waals surface area contributed by atoms with Gasteiger partial charge in [0.05, 0.1) is 6.04 Å². The average Bonchev–Trinajstić information content (AvgIpc) is 2.96. The maximum absolute atomic E-state index is 12.1. The molecule has 20 heavy (non-hydrogen) atoms. The summed E-state index contributed by atoms with van der Waals surface area (Å²) in [6.07, 6.45) is 1.37. The van der Waals surface area contributed by atoms with Crippen molar-refractivity contribution in [2.24, 2.45) is 5.92 Å². The molecule has 1 heterocycles. The van der Waals surface area contributed by atoms with Gasteiger partial charge in [-0.1, -0.05) is 50.2 Å². The molecule has 1 aromatic carbocycles. The number of hydrogen-bond donors (Lipinski definition) is 1. The van der Waals surface area contributed by atoms with Gasteiger partial charge in [0.1, 0.15) is 0 Å². The second-order valence-corrected chi connectivity index (χ2v) is 6.31. The molecule has 2 nitrogen and oxygen atoms in total. The summed E-state index contributed by atoms with van der Waals surface area (Å²) in [6, 6.07) is 14.4. The van der Waals surface area contributed by atoms with E-state index in [9.17, 15) is 4.79 Å². The van der Waals surface area contributed by atoms with Gasteiger partial charge in [-0.05, 0) is 29.3 Å². The minimum Gasteiger partial charge on any atom is -0.349 e. The first kappa shape index (κ1) is 14.8. The van der Waals surface area contributed by atoms with Gasteiger partial charge in [-0.15, -0.1) is 11.3 Å². The Balaban J connectivity index is 1.93. The van der Waals surface area contributed by atoms with Gasteiger partial charge in [-0.25, -0.2) is 0 Å². The van der Waals surface area contributed by atoms with Crippen molar-refractivity contribution in [1.29, 1.82) is 0 Å². The zero-order valence-corrected chi connectivity index (χ0v) is 12.8. The maximum atomic E-state index is 12.1. The second-order valence-electron chi connectivity index (χ2n) is 5.28. The fraction of sp³-hybridized carbons (Fsp3) is 0.353. The molecule has 106 valence electrons. The fourth-order valence-electron chi connectivity index (χ4n) is 2.23. The molecule has 1 aromatic heterocycles. The van der Waals surface area contributed by atoms with E-state index in [0.29, 0.717) is 12.3 Å². The van der Waals surface area contributed by atoms with E-state index in [-0.39, 0.29) is 11.9 Å². The Kier molecular flexibility index (Phi) is 5.36. The molecule has 2 aromatic rings. The number of aryl methyl sites for hydroxylation is 1. The van der Waals surface area contributed by atoms with E-state index < -0.39 is 0 Å². The number of benzene rings is 1. The number of rotatable bonds is 6. The molecular formula is C17H21NOS. The van der Waals surface area contributed by atoms with Crippen molar-refractivity contribution in [3.63, 3.8) is 0 Å². The Morgan fingerprint density at radius 1 is 1.15 bits per heavy atom. The van der Waals surface area contributed by atoms with Gasteiger partial charge in [0.2, 0.25) is 5.91 Å². The Hall–Kier alpha value is -1.61. The van der Waals surface area contributed by atoms with Crippen LogP contribution >= 0.6 is 11.3 Å². The van der Waals surface area contributed by atoms with Crippen molar-refractivity contribution in [1.82, 2.24) is 5.32 Å². The summed E-state index contributed by atoms with van der Waals surface area (Å²) in [7, 11) is 0. The number of carbonyl (C=O) groups is 1. The summed E-state index contributed by atoms with van der Waals surface area (Å²) in [5.74, 6) is 0.504. The first-order valence-corrected chi connectivity index (χ1v) is 7.91. The highest BCUT2D eigenvalue weighted by Crippen LogP contribution is 2.21. The predicted molar refractivity (Wildman–Crippen MR) is 84.8 cm³/mol. The molecular weight excluding hydrogens is 266 g/mol. The molecule has 1 atom stereocenters. The van der Waals surface area contributed by atoms with E-state index in [1.54, 1.807) is 11.3 Å². The van der Waals surface area contributed by atoms with Gasteiger partial charge < -0.3 is 5.32 Å². The van der Waals surface area contributed by atoms with Gasteiger partial charge in [-0.3, -0.25) is 4.79 Å². The molecule has 1 amide bonds. The van der Waals surface area contributed by atoms with E-state index in [2.05, 4.69) is 37.4 Å². The zero-order valence-electron chi connectivity index (χ0n) is 12.0. The van der Waals surface area contributed by atoms with E-state index >= 15 is 0 Å². The Morgan fingerprint density at radius 2 is 1.90 bits per heavy atom. The van der Waals surface area contributed by atoms with Gasteiger partial charge in [-0.2, -0.15) is 0 Å². The number of thiophene rings is 1. The third kappa shape index (κ3) is 4.20. The molecule has 0 aliphatic carbocycles. The highest BCUT2D eigenvalue weighted by atomic mass is 32.1. The molecule has 2 rings (SSSR count). The standard InChI is InChI=1S/C17H21NOS/c1-13(2)17(14-7-4-3-5-8-14)18-16(19)11-10-15-9-6-12-20-15/h3-9,12-13,17H,10-11H2,1-2H3,(H,18,19). The van der Waals surface area contributed by atoms with Crippen molar-refractivity contribution in [3.8, 4) is 0 Å². The quantitative estimate of drug-likeness (QED) is 0.848.